The number of nitrogens with one attached hydrogen (secondary N) is 2. The fraction of sp³-hybridized carbons (Fsp3) is 0.529. The van der Waals surface area contributed by atoms with E-state index in [1.54, 1.807) is 52.1 Å². The molecule has 2 aromatic carbocycles. The Bertz CT molecular complexity index is 1260. The first-order valence-corrected chi connectivity index (χ1v) is 15.4. The number of nitrogens with two attached hydrogens (primary N) is 1. The Morgan fingerprint density at radius 1 is 0.955 bits per heavy atom. The van der Waals surface area contributed by atoms with Crippen molar-refractivity contribution < 1.29 is 28.7 Å². The average molecular weight is 611 g/mol. The van der Waals surface area contributed by atoms with Crippen LogP contribution in [-0.4, -0.2) is 54.0 Å². The zero-order chi connectivity index (χ0) is 32.9. The lowest BCUT2D eigenvalue weighted by Crippen LogP contribution is -2.53. The van der Waals surface area contributed by atoms with Crippen LogP contribution in [0.1, 0.15) is 95.4 Å². The number of rotatable bonds is 16. The monoisotopic (exact) mass is 610 g/mol. The highest BCUT2D eigenvalue weighted by atomic mass is 16.6. The van der Waals surface area contributed by atoms with Crippen LogP contribution in [0.15, 0.2) is 42.5 Å². The van der Waals surface area contributed by atoms with Gasteiger partial charge in [-0.15, -0.1) is 0 Å². The van der Waals surface area contributed by atoms with Crippen molar-refractivity contribution in [2.24, 2.45) is 5.73 Å². The highest BCUT2D eigenvalue weighted by molar-refractivity contribution is 5.99. The number of hydrogen-bond acceptors (Lipinski definition) is 6. The number of amides is 4. The second kappa shape index (κ2) is 17.3. The molecule has 4 amide bonds. The molecule has 4 N–H and O–H groups in total. The van der Waals surface area contributed by atoms with E-state index in [2.05, 4.69) is 17.6 Å². The molecule has 44 heavy (non-hydrogen) atoms. The molecule has 0 saturated carbocycles. The molecule has 2 aromatic rings. The number of primary amides is 1. The maximum atomic E-state index is 14.4. The van der Waals surface area contributed by atoms with Crippen molar-refractivity contribution in [2.75, 3.05) is 19.0 Å². The summed E-state index contributed by atoms with van der Waals surface area (Å²) in [6.45, 7) is 11.4. The van der Waals surface area contributed by atoms with Crippen LogP contribution in [0.2, 0.25) is 0 Å². The largest absolute Gasteiger partial charge is 0.497 e. The van der Waals surface area contributed by atoms with Gasteiger partial charge in [0.15, 0.2) is 0 Å². The molecule has 0 aliphatic carbocycles. The molecular weight excluding hydrogens is 560 g/mol. The van der Waals surface area contributed by atoms with E-state index in [-0.39, 0.29) is 19.4 Å². The SMILES string of the molecule is CCCCCCCN(C(=O)C(CCC(N)=O)NC(=O)OC(C)(C)C)C(C(=O)Nc1ccc(OC)cc1)c1ccc(C)cc1C. The number of alkyl carbamates (subject to hydrolysis) is 1. The summed E-state index contributed by atoms with van der Waals surface area (Å²) in [6, 6.07) is 10.5. The molecule has 0 aliphatic rings. The molecule has 2 rings (SSSR count). The normalized spacial score (nSPS) is 12.5. The third kappa shape index (κ3) is 11.9. The number of nitrogens with zero attached hydrogens (tertiary/aromatic N) is 1. The molecule has 0 heterocycles. The Morgan fingerprint density at radius 3 is 2.18 bits per heavy atom. The van der Waals surface area contributed by atoms with Crippen molar-refractivity contribution in [2.45, 2.75) is 104 Å². The summed E-state index contributed by atoms with van der Waals surface area (Å²) >= 11 is 0. The summed E-state index contributed by atoms with van der Waals surface area (Å²) in [6.07, 6.45) is 3.66. The van der Waals surface area contributed by atoms with Crippen LogP contribution >= 0.6 is 0 Å². The Balaban J connectivity index is 2.58. The minimum Gasteiger partial charge on any atom is -0.497 e. The van der Waals surface area contributed by atoms with Gasteiger partial charge in [0.2, 0.25) is 11.8 Å². The summed E-state index contributed by atoms with van der Waals surface area (Å²) < 4.78 is 10.7. The molecule has 0 spiro atoms. The van der Waals surface area contributed by atoms with Crippen LogP contribution in [0, 0.1) is 13.8 Å². The predicted molar refractivity (Wildman–Crippen MR) is 172 cm³/mol. The van der Waals surface area contributed by atoms with Crippen molar-refractivity contribution in [1.29, 1.82) is 0 Å². The van der Waals surface area contributed by atoms with Gasteiger partial charge in [0.1, 0.15) is 23.4 Å². The second-order valence-corrected chi connectivity index (χ2v) is 12.1. The van der Waals surface area contributed by atoms with E-state index >= 15 is 0 Å². The smallest absolute Gasteiger partial charge is 0.408 e. The Labute approximate surface area is 262 Å². The van der Waals surface area contributed by atoms with Crippen molar-refractivity contribution in [3.8, 4) is 5.75 Å². The number of methoxy groups -OCH3 is 1. The number of carbonyl (C=O) groups is 4. The summed E-state index contributed by atoms with van der Waals surface area (Å²) in [5, 5.41) is 5.61. The van der Waals surface area contributed by atoms with Gasteiger partial charge in [0.25, 0.3) is 5.91 Å². The number of ether oxygens (including phenoxy) is 2. The lowest BCUT2D eigenvalue weighted by molar-refractivity contribution is -0.141. The van der Waals surface area contributed by atoms with E-state index in [4.69, 9.17) is 15.2 Å². The van der Waals surface area contributed by atoms with Crippen LogP contribution in [0.4, 0.5) is 10.5 Å². The third-order valence-corrected chi connectivity index (χ3v) is 7.09. The zero-order valence-corrected chi connectivity index (χ0v) is 27.3. The number of carbonyl (C=O) groups excluding carboxylic acids is 4. The Kier molecular flexibility index (Phi) is 14.2. The lowest BCUT2D eigenvalue weighted by atomic mass is 9.95. The van der Waals surface area contributed by atoms with Crippen molar-refractivity contribution in [3.05, 3.63) is 59.2 Å². The van der Waals surface area contributed by atoms with Crippen LogP contribution in [0.25, 0.3) is 0 Å². The maximum absolute atomic E-state index is 14.4. The van der Waals surface area contributed by atoms with Crippen LogP contribution < -0.4 is 21.1 Å². The van der Waals surface area contributed by atoms with E-state index in [0.717, 1.165) is 36.8 Å². The Morgan fingerprint density at radius 2 is 1.61 bits per heavy atom. The average Bonchev–Trinajstić information content (AvgIpc) is 2.94. The van der Waals surface area contributed by atoms with E-state index in [1.807, 2.05) is 32.0 Å². The van der Waals surface area contributed by atoms with Gasteiger partial charge in [0, 0.05) is 18.7 Å². The standard InChI is InChI=1S/C34H50N4O6/c1-8-9-10-11-12-21-38(32(41)28(19-20-29(35)39)37-33(42)44-34(4,5)6)30(27-18-13-23(2)22-24(27)3)31(40)36-25-14-16-26(43-7)17-15-25/h13-18,22,28,30H,8-12,19-21H2,1-7H3,(H2,35,39)(H,36,40)(H,37,42). The molecule has 0 fully saturated rings. The molecule has 0 aliphatic heterocycles. The van der Waals surface area contributed by atoms with Gasteiger partial charge in [0.05, 0.1) is 7.11 Å². The van der Waals surface area contributed by atoms with Crippen molar-refractivity contribution in [1.82, 2.24) is 10.2 Å². The summed E-state index contributed by atoms with van der Waals surface area (Å²) in [4.78, 5) is 54.7. The van der Waals surface area contributed by atoms with Crippen LogP contribution in [-0.2, 0) is 19.1 Å². The van der Waals surface area contributed by atoms with Gasteiger partial charge in [-0.2, -0.15) is 0 Å². The topological polar surface area (TPSA) is 140 Å². The van der Waals surface area contributed by atoms with Gasteiger partial charge < -0.3 is 30.7 Å². The van der Waals surface area contributed by atoms with E-state index in [1.165, 1.54) is 4.90 Å². The summed E-state index contributed by atoms with van der Waals surface area (Å²) in [5.41, 5.74) is 7.69. The lowest BCUT2D eigenvalue weighted by Gasteiger charge is -2.35. The maximum Gasteiger partial charge on any atom is 0.408 e. The highest BCUT2D eigenvalue weighted by Crippen LogP contribution is 2.29. The van der Waals surface area contributed by atoms with E-state index < -0.39 is 41.5 Å². The Hall–Kier alpha value is -4.08. The van der Waals surface area contributed by atoms with Gasteiger partial charge in [-0.25, -0.2) is 4.79 Å². The quantitative estimate of drug-likeness (QED) is 0.201. The van der Waals surface area contributed by atoms with E-state index in [0.29, 0.717) is 23.4 Å². The fourth-order valence-corrected chi connectivity index (χ4v) is 4.91. The third-order valence-electron chi connectivity index (χ3n) is 7.09. The first-order valence-electron chi connectivity index (χ1n) is 15.4. The fourth-order valence-electron chi connectivity index (χ4n) is 4.91. The molecule has 0 bridgehead atoms. The summed E-state index contributed by atoms with van der Waals surface area (Å²) in [5.74, 6) is -0.871. The first-order chi connectivity index (χ1) is 20.7. The predicted octanol–water partition coefficient (Wildman–Crippen LogP) is 5.95. The second-order valence-electron chi connectivity index (χ2n) is 12.1. The van der Waals surface area contributed by atoms with Crippen LogP contribution in [0.3, 0.4) is 0 Å². The molecule has 10 nitrogen and oxygen atoms in total. The molecule has 242 valence electrons. The minimum atomic E-state index is -1.14. The number of unbranched alkanes of at least 4 members (excludes halogenated alkanes) is 4. The van der Waals surface area contributed by atoms with Crippen molar-refractivity contribution >= 4 is 29.5 Å². The van der Waals surface area contributed by atoms with Gasteiger partial charge in [-0.3, -0.25) is 14.4 Å². The molecule has 0 radical (unpaired) electrons. The molecule has 2 unspecified atom stereocenters. The molecular formula is C34H50N4O6. The summed E-state index contributed by atoms with van der Waals surface area (Å²) in [7, 11) is 1.56. The number of benzene rings is 2. The highest BCUT2D eigenvalue weighted by Gasteiger charge is 2.37. The molecule has 2 atom stereocenters. The number of hydrogen-bond donors (Lipinski definition) is 3. The van der Waals surface area contributed by atoms with Crippen molar-refractivity contribution in [3.63, 3.8) is 0 Å². The zero-order valence-electron chi connectivity index (χ0n) is 27.3. The number of anilines is 1. The number of aryl methyl sites for hydroxylation is 2. The minimum absolute atomic E-state index is 0.0422. The van der Waals surface area contributed by atoms with E-state index in [9.17, 15) is 19.2 Å². The van der Waals surface area contributed by atoms with Gasteiger partial charge in [-0.05, 0) is 82.9 Å². The first kappa shape index (κ1) is 36.1. The molecule has 0 saturated heterocycles. The van der Waals surface area contributed by atoms with Gasteiger partial charge >= 0.3 is 6.09 Å². The van der Waals surface area contributed by atoms with Gasteiger partial charge in [-0.1, -0.05) is 56.4 Å². The van der Waals surface area contributed by atoms with Crippen LogP contribution in [0.5, 0.6) is 5.75 Å². The molecule has 0 aromatic heterocycles. The molecule has 10 heteroatoms.